The number of benzene rings is 1. The Balaban J connectivity index is 2.25. The van der Waals surface area contributed by atoms with Gasteiger partial charge in [0.25, 0.3) is 0 Å². The molecule has 2 aromatic rings. The smallest absolute Gasteiger partial charge is 0.419 e. The number of nitrogens with one attached hydrogen (secondary N) is 1. The van der Waals surface area contributed by atoms with E-state index in [4.69, 9.17) is 9.47 Å². The van der Waals surface area contributed by atoms with Crippen molar-refractivity contribution in [3.05, 3.63) is 47.2 Å². The van der Waals surface area contributed by atoms with Gasteiger partial charge in [0, 0.05) is 11.8 Å². The van der Waals surface area contributed by atoms with E-state index in [0.717, 1.165) is 27.7 Å². The maximum atomic E-state index is 13.1. The third kappa shape index (κ3) is 3.83. The fraction of sp³-hybridized carbons (Fsp3) is 0.455. The Bertz CT molecular complexity index is 945. The topological polar surface area (TPSA) is 69.6 Å². The van der Waals surface area contributed by atoms with Crippen molar-refractivity contribution in [1.82, 2.24) is 9.88 Å². The number of carbonyl (C=O) groups is 2. The molecule has 28 heavy (non-hydrogen) atoms. The van der Waals surface area contributed by atoms with Gasteiger partial charge in [-0.05, 0) is 46.2 Å². The van der Waals surface area contributed by atoms with Crippen LogP contribution in [0.3, 0.4) is 0 Å². The highest BCUT2D eigenvalue weighted by Gasteiger charge is 2.37. The molecule has 2 atom stereocenters. The Hall–Kier alpha value is -2.60. The van der Waals surface area contributed by atoms with Gasteiger partial charge in [-0.2, -0.15) is 0 Å². The number of para-hydroxylation sites is 1. The highest BCUT2D eigenvalue weighted by Crippen LogP contribution is 2.36. The number of allylic oxidation sites excluding steroid dienone is 1. The lowest BCUT2D eigenvalue weighted by molar-refractivity contribution is -0.143. The van der Waals surface area contributed by atoms with Gasteiger partial charge in [0.15, 0.2) is 0 Å². The monoisotopic (exact) mass is 384 g/mol. The van der Waals surface area contributed by atoms with Crippen molar-refractivity contribution in [2.75, 3.05) is 7.11 Å². The largest absolute Gasteiger partial charge is 0.468 e. The van der Waals surface area contributed by atoms with E-state index in [-0.39, 0.29) is 12.0 Å². The predicted molar refractivity (Wildman–Crippen MR) is 108 cm³/mol. The van der Waals surface area contributed by atoms with Gasteiger partial charge in [-0.3, -0.25) is 10.1 Å². The Labute approximate surface area is 165 Å². The number of hydrogen-bond acceptors (Lipinski definition) is 5. The maximum Gasteiger partial charge on any atom is 0.419 e. The number of rotatable bonds is 2. The first-order valence-electron chi connectivity index (χ1n) is 9.47. The fourth-order valence-electron chi connectivity index (χ4n) is 3.68. The van der Waals surface area contributed by atoms with E-state index in [1.54, 1.807) is 4.57 Å². The summed E-state index contributed by atoms with van der Waals surface area (Å²) in [5.74, 6) is -0.313. The van der Waals surface area contributed by atoms with Crippen molar-refractivity contribution in [1.29, 1.82) is 0 Å². The van der Waals surface area contributed by atoms with E-state index in [0.29, 0.717) is 6.42 Å². The zero-order valence-electron chi connectivity index (χ0n) is 17.3. The third-order valence-electron chi connectivity index (χ3n) is 4.67. The Morgan fingerprint density at radius 1 is 1.21 bits per heavy atom. The maximum absolute atomic E-state index is 13.1. The minimum absolute atomic E-state index is 0.308. The van der Waals surface area contributed by atoms with Crippen LogP contribution in [0.15, 0.2) is 35.9 Å². The van der Waals surface area contributed by atoms with Crippen LogP contribution in [0.4, 0.5) is 4.79 Å². The number of methoxy groups -OCH3 is 1. The van der Waals surface area contributed by atoms with Gasteiger partial charge in [0.1, 0.15) is 11.6 Å². The summed E-state index contributed by atoms with van der Waals surface area (Å²) in [6.45, 7) is 9.53. The standard InChI is InChI=1S/C22H28N2O4/c1-13(2)11-16-19-15(12-17(23-16)20(25)27-6)14-9-7-8-10-18(14)24(19)21(26)28-22(3,4)5/h7-11,16-17,23H,12H2,1-6H3/t16-,17-/m0/s1. The van der Waals surface area contributed by atoms with Crippen molar-refractivity contribution in [3.8, 4) is 0 Å². The molecule has 6 nitrogen and oxygen atoms in total. The molecule has 0 aliphatic carbocycles. The Morgan fingerprint density at radius 3 is 2.50 bits per heavy atom. The first-order valence-corrected chi connectivity index (χ1v) is 9.47. The molecule has 0 saturated heterocycles. The van der Waals surface area contributed by atoms with Gasteiger partial charge in [0.2, 0.25) is 0 Å². The molecule has 0 radical (unpaired) electrons. The van der Waals surface area contributed by atoms with Gasteiger partial charge >= 0.3 is 12.1 Å². The number of nitrogens with zero attached hydrogens (tertiary/aromatic N) is 1. The number of ether oxygens (including phenoxy) is 2. The molecule has 0 saturated carbocycles. The molecular formula is C22H28N2O4. The number of aromatic nitrogens is 1. The molecule has 6 heteroatoms. The molecule has 3 rings (SSSR count). The first kappa shape index (κ1) is 20.1. The van der Waals surface area contributed by atoms with E-state index in [1.165, 1.54) is 7.11 Å². The van der Waals surface area contributed by atoms with Gasteiger partial charge < -0.3 is 9.47 Å². The van der Waals surface area contributed by atoms with Gasteiger partial charge in [-0.15, -0.1) is 0 Å². The predicted octanol–water partition coefficient (Wildman–Crippen LogP) is 4.12. The summed E-state index contributed by atoms with van der Waals surface area (Å²) in [6, 6.07) is 6.94. The van der Waals surface area contributed by atoms with Crippen LogP contribution in [-0.2, 0) is 20.7 Å². The SMILES string of the molecule is COC(=O)[C@@H]1Cc2c(n(C(=O)OC(C)(C)C)c3ccccc23)[C@H](C=C(C)C)N1. The van der Waals surface area contributed by atoms with Crippen LogP contribution in [0.25, 0.3) is 10.9 Å². The van der Waals surface area contributed by atoms with Crippen molar-refractivity contribution >= 4 is 23.0 Å². The summed E-state index contributed by atoms with van der Waals surface area (Å²) in [6.07, 6.45) is 2.05. The molecular weight excluding hydrogens is 356 g/mol. The van der Waals surface area contributed by atoms with Crippen LogP contribution in [-0.4, -0.2) is 35.4 Å². The highest BCUT2D eigenvalue weighted by molar-refractivity contribution is 5.95. The average molecular weight is 384 g/mol. The van der Waals surface area contributed by atoms with Crippen LogP contribution in [0.2, 0.25) is 0 Å². The first-order chi connectivity index (χ1) is 13.1. The van der Waals surface area contributed by atoms with Crippen molar-refractivity contribution in [3.63, 3.8) is 0 Å². The molecule has 0 unspecified atom stereocenters. The van der Waals surface area contributed by atoms with E-state index in [9.17, 15) is 9.59 Å². The zero-order chi connectivity index (χ0) is 20.6. The molecule has 0 spiro atoms. The second-order valence-corrected chi connectivity index (χ2v) is 8.36. The van der Waals surface area contributed by atoms with E-state index < -0.39 is 17.7 Å². The van der Waals surface area contributed by atoms with E-state index >= 15 is 0 Å². The van der Waals surface area contributed by atoms with Crippen LogP contribution in [0.5, 0.6) is 0 Å². The minimum atomic E-state index is -0.613. The van der Waals surface area contributed by atoms with Crippen LogP contribution < -0.4 is 5.32 Å². The molecule has 0 bridgehead atoms. The van der Waals surface area contributed by atoms with Crippen molar-refractivity contribution in [2.45, 2.75) is 58.7 Å². The summed E-state index contributed by atoms with van der Waals surface area (Å²) in [4.78, 5) is 25.4. The Kier molecular flexibility index (Phi) is 5.35. The second-order valence-electron chi connectivity index (χ2n) is 8.36. The quantitative estimate of drug-likeness (QED) is 0.623. The number of carbonyl (C=O) groups excluding carboxylic acids is 2. The third-order valence-corrected chi connectivity index (χ3v) is 4.67. The summed E-state index contributed by atoms with van der Waals surface area (Å²) < 4.78 is 12.3. The summed E-state index contributed by atoms with van der Waals surface area (Å²) in [5.41, 5.74) is 3.03. The van der Waals surface area contributed by atoms with E-state index in [1.807, 2.05) is 65.0 Å². The molecule has 1 aliphatic rings. The molecule has 150 valence electrons. The summed E-state index contributed by atoms with van der Waals surface area (Å²) >= 11 is 0. The van der Waals surface area contributed by atoms with Crippen LogP contribution >= 0.6 is 0 Å². The molecule has 1 aromatic heterocycles. The van der Waals surface area contributed by atoms with E-state index in [2.05, 4.69) is 5.32 Å². The van der Waals surface area contributed by atoms with Crippen LogP contribution in [0, 0.1) is 0 Å². The fourth-order valence-corrected chi connectivity index (χ4v) is 3.68. The summed E-state index contributed by atoms with van der Waals surface area (Å²) in [7, 11) is 1.39. The zero-order valence-corrected chi connectivity index (χ0v) is 17.3. The number of fused-ring (bicyclic) bond motifs is 3. The number of hydrogen-bond donors (Lipinski definition) is 1. The highest BCUT2D eigenvalue weighted by atomic mass is 16.6. The van der Waals surface area contributed by atoms with Gasteiger partial charge in [-0.25, -0.2) is 9.36 Å². The van der Waals surface area contributed by atoms with Gasteiger partial charge in [-0.1, -0.05) is 29.8 Å². The van der Waals surface area contributed by atoms with Crippen molar-refractivity contribution < 1.29 is 19.1 Å². The molecule has 2 heterocycles. The van der Waals surface area contributed by atoms with Gasteiger partial charge in [0.05, 0.1) is 24.4 Å². The molecule has 0 fully saturated rings. The Morgan fingerprint density at radius 2 is 1.89 bits per heavy atom. The van der Waals surface area contributed by atoms with Crippen LogP contribution in [0.1, 0.15) is 51.9 Å². The lowest BCUT2D eigenvalue weighted by Crippen LogP contribution is -2.45. The normalized spacial score (nSPS) is 19.1. The molecule has 1 aromatic carbocycles. The molecule has 1 aliphatic heterocycles. The molecule has 0 amide bonds. The molecule has 1 N–H and O–H groups in total. The lowest BCUT2D eigenvalue weighted by atomic mass is 9.93. The lowest BCUT2D eigenvalue weighted by Gasteiger charge is -2.30. The summed E-state index contributed by atoms with van der Waals surface area (Å²) in [5, 5.41) is 4.28. The average Bonchev–Trinajstić information content (AvgIpc) is 2.94. The minimum Gasteiger partial charge on any atom is -0.468 e. The van der Waals surface area contributed by atoms with Crippen molar-refractivity contribution in [2.24, 2.45) is 0 Å². The second kappa shape index (κ2) is 7.43. The number of esters is 1.